The van der Waals surface area contributed by atoms with Crippen molar-refractivity contribution < 1.29 is 9.59 Å². The maximum absolute atomic E-state index is 12.8. The average Bonchev–Trinajstić information content (AvgIpc) is 3.34. The van der Waals surface area contributed by atoms with E-state index in [4.69, 9.17) is 0 Å². The third-order valence-corrected chi connectivity index (χ3v) is 5.04. The summed E-state index contributed by atoms with van der Waals surface area (Å²) in [4.78, 5) is 31.7. The number of carbonyl (C=O) groups is 2. The molecular formula is C18H22N4O2. The Labute approximate surface area is 140 Å². The van der Waals surface area contributed by atoms with Gasteiger partial charge in [-0.05, 0) is 37.8 Å². The van der Waals surface area contributed by atoms with Gasteiger partial charge in [0.05, 0.1) is 5.52 Å². The van der Waals surface area contributed by atoms with Crippen molar-refractivity contribution in [2.75, 3.05) is 13.1 Å². The number of hydrogen-bond acceptors (Lipinski definition) is 3. The minimum absolute atomic E-state index is 0.0892. The van der Waals surface area contributed by atoms with E-state index < -0.39 is 0 Å². The van der Waals surface area contributed by atoms with Crippen LogP contribution in [-0.2, 0) is 0 Å². The van der Waals surface area contributed by atoms with Crippen LogP contribution in [0.3, 0.4) is 0 Å². The molecule has 2 aromatic rings. The molecule has 24 heavy (non-hydrogen) atoms. The highest BCUT2D eigenvalue weighted by Crippen LogP contribution is 2.20. The molecule has 6 nitrogen and oxygen atoms in total. The number of hydrogen-bond donors (Lipinski definition) is 1. The molecule has 0 atom stereocenters. The fraction of sp³-hybridized carbons (Fsp3) is 0.500. The minimum atomic E-state index is -0.175. The van der Waals surface area contributed by atoms with E-state index in [1.807, 2.05) is 23.1 Å². The third kappa shape index (κ3) is 2.66. The van der Waals surface area contributed by atoms with Gasteiger partial charge in [0.25, 0.3) is 11.8 Å². The first kappa shape index (κ1) is 15.2. The minimum Gasteiger partial charge on any atom is -0.348 e. The molecule has 2 aromatic heterocycles. The Bertz CT molecular complexity index is 770. The molecule has 1 saturated carbocycles. The molecule has 1 N–H and O–H groups in total. The summed E-state index contributed by atoms with van der Waals surface area (Å²) in [5, 5.41) is 3.07. The molecule has 1 aliphatic carbocycles. The summed E-state index contributed by atoms with van der Waals surface area (Å²) in [6, 6.07) is 5.80. The van der Waals surface area contributed by atoms with Crippen molar-refractivity contribution >= 4 is 17.3 Å². The van der Waals surface area contributed by atoms with Gasteiger partial charge in [0.15, 0.2) is 5.69 Å². The lowest BCUT2D eigenvalue weighted by Crippen LogP contribution is -2.33. The van der Waals surface area contributed by atoms with Gasteiger partial charge in [-0.15, -0.1) is 0 Å². The third-order valence-electron chi connectivity index (χ3n) is 5.04. The van der Waals surface area contributed by atoms with Crippen LogP contribution in [0.15, 0.2) is 24.4 Å². The first-order valence-electron chi connectivity index (χ1n) is 8.81. The van der Waals surface area contributed by atoms with Crippen molar-refractivity contribution in [2.45, 2.75) is 44.6 Å². The van der Waals surface area contributed by atoms with Crippen LogP contribution in [-0.4, -0.2) is 45.2 Å². The van der Waals surface area contributed by atoms with E-state index in [2.05, 4.69) is 10.3 Å². The number of aromatic nitrogens is 2. The van der Waals surface area contributed by atoms with Crippen LogP contribution in [0.4, 0.5) is 0 Å². The van der Waals surface area contributed by atoms with Crippen LogP contribution in [0.2, 0.25) is 0 Å². The van der Waals surface area contributed by atoms with Gasteiger partial charge >= 0.3 is 0 Å². The van der Waals surface area contributed by atoms with E-state index in [0.717, 1.165) is 51.6 Å². The largest absolute Gasteiger partial charge is 0.348 e. The Hall–Kier alpha value is -2.37. The van der Waals surface area contributed by atoms with E-state index in [1.165, 1.54) is 0 Å². The van der Waals surface area contributed by atoms with Crippen LogP contribution in [0.1, 0.15) is 59.6 Å². The Morgan fingerprint density at radius 1 is 1.08 bits per heavy atom. The smallest absolute Gasteiger partial charge is 0.290 e. The average molecular weight is 326 g/mol. The van der Waals surface area contributed by atoms with Crippen molar-refractivity contribution in [1.29, 1.82) is 0 Å². The molecule has 6 heteroatoms. The number of carbonyl (C=O) groups excluding carboxylic acids is 2. The fourth-order valence-corrected chi connectivity index (χ4v) is 3.74. The van der Waals surface area contributed by atoms with Crippen molar-refractivity contribution in [3.8, 4) is 0 Å². The zero-order valence-electron chi connectivity index (χ0n) is 13.7. The molecule has 1 saturated heterocycles. The molecule has 0 unspecified atom stereocenters. The molecule has 0 spiro atoms. The SMILES string of the molecule is O=C(NC1CCCC1)c1nc(C(=O)N2CCCC2)n2ccccc12. The van der Waals surface area contributed by atoms with Gasteiger partial charge in [0.2, 0.25) is 5.82 Å². The number of nitrogens with one attached hydrogen (secondary N) is 1. The first-order valence-corrected chi connectivity index (χ1v) is 8.81. The van der Waals surface area contributed by atoms with E-state index in [9.17, 15) is 9.59 Å². The predicted molar refractivity (Wildman–Crippen MR) is 90.1 cm³/mol. The van der Waals surface area contributed by atoms with Crippen molar-refractivity contribution in [3.63, 3.8) is 0 Å². The number of imidazole rings is 1. The van der Waals surface area contributed by atoms with E-state index in [0.29, 0.717) is 17.0 Å². The van der Waals surface area contributed by atoms with Crippen molar-refractivity contribution in [2.24, 2.45) is 0 Å². The van der Waals surface area contributed by atoms with Crippen molar-refractivity contribution in [3.05, 3.63) is 35.9 Å². The number of likely N-dealkylation sites (tertiary alicyclic amines) is 1. The van der Waals surface area contributed by atoms with Crippen LogP contribution < -0.4 is 5.32 Å². The molecule has 0 radical (unpaired) electrons. The molecule has 3 heterocycles. The van der Waals surface area contributed by atoms with E-state index in [-0.39, 0.29) is 17.9 Å². The highest BCUT2D eigenvalue weighted by Gasteiger charge is 2.27. The second kappa shape index (κ2) is 6.26. The van der Waals surface area contributed by atoms with Gasteiger partial charge in [0, 0.05) is 25.3 Å². The van der Waals surface area contributed by atoms with Gasteiger partial charge in [-0.2, -0.15) is 0 Å². The number of nitrogens with zero attached hydrogens (tertiary/aromatic N) is 3. The van der Waals surface area contributed by atoms with Crippen molar-refractivity contribution in [1.82, 2.24) is 19.6 Å². The highest BCUT2D eigenvalue weighted by atomic mass is 16.2. The van der Waals surface area contributed by atoms with E-state index in [1.54, 1.807) is 10.6 Å². The Kier molecular flexibility index (Phi) is 3.96. The van der Waals surface area contributed by atoms with Crippen LogP contribution in [0.5, 0.6) is 0 Å². The lowest BCUT2D eigenvalue weighted by atomic mass is 10.2. The number of pyridine rings is 1. The summed E-state index contributed by atoms with van der Waals surface area (Å²) in [6.45, 7) is 1.54. The summed E-state index contributed by atoms with van der Waals surface area (Å²) in [7, 11) is 0. The molecule has 4 rings (SSSR count). The molecule has 0 aromatic carbocycles. The van der Waals surface area contributed by atoms with Gasteiger partial charge in [0.1, 0.15) is 0 Å². The highest BCUT2D eigenvalue weighted by molar-refractivity contribution is 6.02. The number of rotatable bonds is 3. The Morgan fingerprint density at radius 3 is 2.58 bits per heavy atom. The zero-order valence-corrected chi connectivity index (χ0v) is 13.7. The molecule has 2 fully saturated rings. The lowest BCUT2D eigenvalue weighted by Gasteiger charge is -2.13. The fourth-order valence-electron chi connectivity index (χ4n) is 3.74. The maximum Gasteiger partial charge on any atom is 0.290 e. The lowest BCUT2D eigenvalue weighted by molar-refractivity contribution is 0.0780. The monoisotopic (exact) mass is 326 g/mol. The second-order valence-corrected chi connectivity index (χ2v) is 6.69. The number of amides is 2. The van der Waals surface area contributed by atoms with Crippen LogP contribution in [0.25, 0.3) is 5.52 Å². The maximum atomic E-state index is 12.8. The molecule has 2 aliphatic rings. The summed E-state index contributed by atoms with van der Waals surface area (Å²) < 4.78 is 1.74. The van der Waals surface area contributed by atoms with Gasteiger partial charge in [-0.3, -0.25) is 14.0 Å². The number of fused-ring (bicyclic) bond motifs is 1. The molecular weight excluding hydrogens is 304 g/mol. The molecule has 1 aliphatic heterocycles. The first-order chi connectivity index (χ1) is 11.7. The predicted octanol–water partition coefficient (Wildman–Crippen LogP) is 2.24. The summed E-state index contributed by atoms with van der Waals surface area (Å²) >= 11 is 0. The van der Waals surface area contributed by atoms with Crippen LogP contribution in [0, 0.1) is 0 Å². The molecule has 126 valence electrons. The topological polar surface area (TPSA) is 66.7 Å². The standard InChI is InChI=1S/C18H22N4O2/c23-17(19-13-7-1-2-8-13)15-14-9-3-4-12-22(14)16(20-15)18(24)21-10-5-6-11-21/h3-4,9,12-13H,1-2,5-8,10-11H2,(H,19,23). The van der Waals surface area contributed by atoms with E-state index >= 15 is 0 Å². The molecule has 0 bridgehead atoms. The zero-order chi connectivity index (χ0) is 16.5. The molecule has 2 amide bonds. The van der Waals surface area contributed by atoms with Gasteiger partial charge in [-0.1, -0.05) is 18.9 Å². The summed E-state index contributed by atoms with van der Waals surface area (Å²) in [5.41, 5.74) is 1.04. The van der Waals surface area contributed by atoms with Crippen LogP contribution >= 0.6 is 0 Å². The Balaban J connectivity index is 1.68. The quantitative estimate of drug-likeness (QED) is 0.941. The van der Waals surface area contributed by atoms with Gasteiger partial charge in [-0.25, -0.2) is 4.98 Å². The normalized spacial score (nSPS) is 18.4. The van der Waals surface area contributed by atoms with Gasteiger partial charge < -0.3 is 10.2 Å². The Morgan fingerprint density at radius 2 is 1.83 bits per heavy atom. The second-order valence-electron chi connectivity index (χ2n) is 6.69. The summed E-state index contributed by atoms with van der Waals surface area (Å²) in [6.07, 6.45) is 8.24. The summed E-state index contributed by atoms with van der Waals surface area (Å²) in [5.74, 6) is 0.0729.